The van der Waals surface area contributed by atoms with Crippen molar-refractivity contribution in [1.29, 1.82) is 5.26 Å². The van der Waals surface area contributed by atoms with Crippen LogP contribution in [-0.2, 0) is 0 Å². The first-order valence-electron chi connectivity index (χ1n) is 3.85. The van der Waals surface area contributed by atoms with Gasteiger partial charge in [0.2, 0.25) is 0 Å². The van der Waals surface area contributed by atoms with Crippen molar-refractivity contribution in [3.05, 3.63) is 36.2 Å². The summed E-state index contributed by atoms with van der Waals surface area (Å²) < 4.78 is 0. The van der Waals surface area contributed by atoms with Gasteiger partial charge in [-0.15, -0.1) is 0 Å². The summed E-state index contributed by atoms with van der Waals surface area (Å²) in [6.07, 6.45) is 3.16. The molecule has 0 bridgehead atoms. The van der Waals surface area contributed by atoms with Gasteiger partial charge in [-0.1, -0.05) is 20.4 Å². The molecule has 0 aromatic carbocycles. The molecule has 0 unspecified atom stereocenters. The van der Waals surface area contributed by atoms with Crippen LogP contribution in [0.4, 0.5) is 0 Å². The zero-order chi connectivity index (χ0) is 9.40. The van der Waals surface area contributed by atoms with Crippen molar-refractivity contribution in [2.75, 3.05) is 0 Å². The maximum Gasteiger partial charge on any atom is 0.101 e. The molecule has 0 saturated carbocycles. The van der Waals surface area contributed by atoms with Crippen molar-refractivity contribution >= 4 is 6.08 Å². The summed E-state index contributed by atoms with van der Waals surface area (Å²) in [5.74, 6) is 0. The molecule has 1 rings (SSSR count). The van der Waals surface area contributed by atoms with Crippen LogP contribution in [0.1, 0.15) is 25.1 Å². The Hall–Kier alpha value is -1.62. The molecule has 62 valence electrons. The first kappa shape index (κ1) is 10.4. The monoisotopic (exact) mass is 160 g/mol. The molecule has 1 aromatic rings. The van der Waals surface area contributed by atoms with Crippen LogP contribution in [0.15, 0.2) is 24.9 Å². The molecule has 0 N–H and O–H groups in total. The fourth-order valence-electron chi connectivity index (χ4n) is 0.592. The number of aromatic nitrogens is 1. The summed E-state index contributed by atoms with van der Waals surface area (Å²) >= 11 is 0. The Bertz CT molecular complexity index is 267. The average molecular weight is 160 g/mol. The Morgan fingerprint density at radius 3 is 2.50 bits per heavy atom. The fourth-order valence-corrected chi connectivity index (χ4v) is 0.592. The van der Waals surface area contributed by atoms with Gasteiger partial charge < -0.3 is 0 Å². The van der Waals surface area contributed by atoms with Crippen molar-refractivity contribution < 1.29 is 0 Å². The minimum absolute atomic E-state index is 0.575. The molecule has 2 nitrogen and oxygen atoms in total. The third kappa shape index (κ3) is 2.98. The number of hydrogen-bond acceptors (Lipinski definition) is 2. The molecular formula is C10H12N2. The highest BCUT2D eigenvalue weighted by molar-refractivity contribution is 5.42. The van der Waals surface area contributed by atoms with Gasteiger partial charge in [-0.2, -0.15) is 5.26 Å². The molecule has 0 atom stereocenters. The number of nitriles is 1. The first-order chi connectivity index (χ1) is 5.86. The molecule has 0 fully saturated rings. The van der Waals surface area contributed by atoms with E-state index in [1.165, 1.54) is 6.20 Å². The minimum atomic E-state index is 0.575. The molecule has 0 aliphatic carbocycles. The van der Waals surface area contributed by atoms with Crippen molar-refractivity contribution in [1.82, 2.24) is 4.98 Å². The minimum Gasteiger partial charge on any atom is -0.256 e. The lowest BCUT2D eigenvalue weighted by atomic mass is 10.3. The van der Waals surface area contributed by atoms with Crippen LogP contribution in [0.2, 0.25) is 0 Å². The molecular weight excluding hydrogens is 148 g/mol. The molecule has 0 amide bonds. The van der Waals surface area contributed by atoms with Gasteiger partial charge in [-0.3, -0.25) is 4.98 Å². The lowest BCUT2D eigenvalue weighted by molar-refractivity contribution is 1.27. The largest absolute Gasteiger partial charge is 0.256 e. The molecule has 0 aliphatic rings. The Balaban J connectivity index is 0.000000561. The first-order valence-corrected chi connectivity index (χ1v) is 3.85. The number of pyridine rings is 1. The maximum absolute atomic E-state index is 8.39. The number of nitrogens with zero attached hydrogens (tertiary/aromatic N) is 2. The highest BCUT2D eigenvalue weighted by Gasteiger charge is 1.88. The Labute approximate surface area is 73.2 Å². The lowest BCUT2D eigenvalue weighted by Crippen LogP contribution is -1.80. The second-order valence-electron chi connectivity index (χ2n) is 1.79. The van der Waals surface area contributed by atoms with Crippen LogP contribution >= 0.6 is 0 Å². The van der Waals surface area contributed by atoms with Crippen LogP contribution in [0.5, 0.6) is 0 Å². The quantitative estimate of drug-likeness (QED) is 0.633. The smallest absolute Gasteiger partial charge is 0.101 e. The van der Waals surface area contributed by atoms with Crippen LogP contribution < -0.4 is 0 Å². The second kappa shape index (κ2) is 6.11. The fraction of sp³-hybridized carbons (Fsp3) is 0.200. The van der Waals surface area contributed by atoms with Gasteiger partial charge in [-0.05, 0) is 18.2 Å². The molecule has 0 saturated heterocycles. The Morgan fingerprint density at radius 2 is 2.17 bits per heavy atom. The SMILES string of the molecule is C=Cc1ccc(C#N)cn1.CC. The van der Waals surface area contributed by atoms with E-state index in [9.17, 15) is 0 Å². The van der Waals surface area contributed by atoms with E-state index >= 15 is 0 Å². The average Bonchev–Trinajstić information content (AvgIpc) is 2.21. The second-order valence-corrected chi connectivity index (χ2v) is 1.79. The van der Waals surface area contributed by atoms with E-state index in [0.29, 0.717) is 5.56 Å². The van der Waals surface area contributed by atoms with Gasteiger partial charge in [0.15, 0.2) is 0 Å². The summed E-state index contributed by atoms with van der Waals surface area (Å²) in [7, 11) is 0. The van der Waals surface area contributed by atoms with Gasteiger partial charge >= 0.3 is 0 Å². The van der Waals surface area contributed by atoms with E-state index in [1.54, 1.807) is 18.2 Å². The van der Waals surface area contributed by atoms with Crippen LogP contribution in [0.3, 0.4) is 0 Å². The van der Waals surface area contributed by atoms with Crippen molar-refractivity contribution in [3.8, 4) is 6.07 Å². The van der Waals surface area contributed by atoms with E-state index in [2.05, 4.69) is 11.6 Å². The normalized spacial score (nSPS) is 7.42. The Kier molecular flexibility index (Phi) is 5.29. The van der Waals surface area contributed by atoms with Crippen molar-refractivity contribution in [3.63, 3.8) is 0 Å². The number of rotatable bonds is 1. The van der Waals surface area contributed by atoms with Gasteiger partial charge in [0.1, 0.15) is 6.07 Å². The number of hydrogen-bond donors (Lipinski definition) is 0. The summed E-state index contributed by atoms with van der Waals surface area (Å²) in [6.45, 7) is 7.54. The molecule has 12 heavy (non-hydrogen) atoms. The van der Waals surface area contributed by atoms with E-state index in [4.69, 9.17) is 5.26 Å². The van der Waals surface area contributed by atoms with E-state index < -0.39 is 0 Å². The van der Waals surface area contributed by atoms with Crippen LogP contribution in [0.25, 0.3) is 6.08 Å². The zero-order valence-electron chi connectivity index (χ0n) is 7.41. The predicted molar refractivity (Wildman–Crippen MR) is 50.4 cm³/mol. The predicted octanol–water partition coefficient (Wildman–Crippen LogP) is 2.62. The highest BCUT2D eigenvalue weighted by Crippen LogP contribution is 1.98. The van der Waals surface area contributed by atoms with Gasteiger partial charge in [0, 0.05) is 6.20 Å². The van der Waals surface area contributed by atoms with E-state index in [-0.39, 0.29) is 0 Å². The molecule has 0 radical (unpaired) electrons. The van der Waals surface area contributed by atoms with E-state index in [1.807, 2.05) is 19.9 Å². The topological polar surface area (TPSA) is 36.7 Å². The summed E-state index contributed by atoms with van der Waals surface area (Å²) in [5.41, 5.74) is 1.37. The van der Waals surface area contributed by atoms with Gasteiger partial charge in [0.25, 0.3) is 0 Å². The lowest BCUT2D eigenvalue weighted by Gasteiger charge is -1.88. The van der Waals surface area contributed by atoms with Gasteiger partial charge in [-0.25, -0.2) is 0 Å². The molecule has 1 heterocycles. The maximum atomic E-state index is 8.39. The summed E-state index contributed by atoms with van der Waals surface area (Å²) in [5, 5.41) is 8.39. The zero-order valence-corrected chi connectivity index (χ0v) is 7.41. The molecule has 0 spiro atoms. The Morgan fingerprint density at radius 1 is 1.50 bits per heavy atom. The highest BCUT2D eigenvalue weighted by atomic mass is 14.7. The van der Waals surface area contributed by atoms with E-state index in [0.717, 1.165) is 5.69 Å². The molecule has 0 aliphatic heterocycles. The summed E-state index contributed by atoms with van der Waals surface area (Å²) in [4.78, 5) is 3.93. The third-order valence-electron chi connectivity index (χ3n) is 1.12. The van der Waals surface area contributed by atoms with Crippen LogP contribution in [0, 0.1) is 11.3 Å². The van der Waals surface area contributed by atoms with Crippen molar-refractivity contribution in [2.45, 2.75) is 13.8 Å². The van der Waals surface area contributed by atoms with Crippen molar-refractivity contribution in [2.24, 2.45) is 0 Å². The van der Waals surface area contributed by atoms with Gasteiger partial charge in [0.05, 0.1) is 11.3 Å². The third-order valence-corrected chi connectivity index (χ3v) is 1.12. The standard InChI is InChI=1S/C8H6N2.C2H6/c1-2-8-4-3-7(5-9)6-10-8;1-2/h2-4,6H,1H2;1-2H3. The molecule has 1 aromatic heterocycles. The summed E-state index contributed by atoms with van der Waals surface area (Å²) in [6, 6.07) is 5.45. The van der Waals surface area contributed by atoms with Crippen LogP contribution in [-0.4, -0.2) is 4.98 Å². The molecule has 2 heteroatoms.